The fraction of sp³-hybridized carbons (Fsp3) is 0.789. The van der Waals surface area contributed by atoms with Crippen LogP contribution in [-0.2, 0) is 19.1 Å². The molecule has 0 aromatic carbocycles. The van der Waals surface area contributed by atoms with Crippen LogP contribution in [0.3, 0.4) is 0 Å². The van der Waals surface area contributed by atoms with Gasteiger partial charge in [-0.25, -0.2) is 0 Å². The van der Waals surface area contributed by atoms with E-state index >= 15 is 0 Å². The number of unbranched alkanes of at least 4 members (excludes halogenated alkanes) is 1. The second kappa shape index (κ2) is 10.2. The van der Waals surface area contributed by atoms with Crippen LogP contribution in [0, 0.1) is 17.3 Å². The molecular weight excluding hydrogens is 371 g/mol. The van der Waals surface area contributed by atoms with E-state index in [0.29, 0.717) is 33.7 Å². The van der Waals surface area contributed by atoms with E-state index in [1.807, 2.05) is 0 Å². The predicted molar refractivity (Wildman–Crippen MR) is 96.8 cm³/mol. The van der Waals surface area contributed by atoms with Crippen LogP contribution in [0.25, 0.3) is 0 Å². The van der Waals surface area contributed by atoms with Crippen molar-refractivity contribution in [1.29, 1.82) is 0 Å². The monoisotopic (exact) mass is 404 g/mol. The molecule has 0 saturated heterocycles. The molecule has 0 spiro atoms. The Bertz CT molecular complexity index is 438. The van der Waals surface area contributed by atoms with Crippen LogP contribution < -0.4 is 0 Å². The molecule has 0 bridgehead atoms. The molecule has 0 aromatic rings. The van der Waals surface area contributed by atoms with Gasteiger partial charge >= 0.3 is 153 Å². The Kier molecular flexibility index (Phi) is 9.07. The summed E-state index contributed by atoms with van der Waals surface area (Å²) >= 11 is 0.428. The molecule has 0 radical (unpaired) electrons. The molecule has 0 aliphatic heterocycles. The van der Waals surface area contributed by atoms with Gasteiger partial charge in [-0.05, 0) is 0 Å². The fourth-order valence-corrected chi connectivity index (χ4v) is 5.37. The second-order valence-corrected chi connectivity index (χ2v) is 8.72. The van der Waals surface area contributed by atoms with E-state index < -0.39 is 17.4 Å². The van der Waals surface area contributed by atoms with Crippen molar-refractivity contribution in [3.63, 3.8) is 0 Å². The average molecular weight is 403 g/mol. The van der Waals surface area contributed by atoms with Gasteiger partial charge in [-0.2, -0.15) is 0 Å². The van der Waals surface area contributed by atoms with Crippen molar-refractivity contribution >= 4 is 26.9 Å². The Labute approximate surface area is 152 Å². The van der Waals surface area contributed by atoms with Crippen LogP contribution in [0.2, 0.25) is 5.32 Å². The average Bonchev–Trinajstić information content (AvgIpc) is 2.93. The van der Waals surface area contributed by atoms with Crippen LogP contribution in [0.15, 0.2) is 10.5 Å². The molecule has 24 heavy (non-hydrogen) atoms. The number of hydrogen-bond donors (Lipinski definition) is 0. The molecule has 0 aromatic heterocycles. The van der Waals surface area contributed by atoms with Gasteiger partial charge in [0.25, 0.3) is 0 Å². The van der Waals surface area contributed by atoms with E-state index in [0.717, 1.165) is 0 Å². The number of carbonyl (C=O) groups is 2. The van der Waals surface area contributed by atoms with Gasteiger partial charge in [0.2, 0.25) is 0 Å². The molecule has 1 rings (SSSR count). The number of carbonyl (C=O) groups excluding carboxylic acids is 2. The molecule has 0 heterocycles. The first kappa shape index (κ1) is 21.2. The number of allylic oxidation sites excluding steroid dienone is 1. The van der Waals surface area contributed by atoms with Crippen LogP contribution in [0.5, 0.6) is 0 Å². The summed E-state index contributed by atoms with van der Waals surface area (Å²) in [5.41, 5.74) is 0.107. The van der Waals surface area contributed by atoms with E-state index in [4.69, 9.17) is 9.47 Å². The summed E-state index contributed by atoms with van der Waals surface area (Å²) in [4.78, 5) is 27.6. The van der Waals surface area contributed by atoms with E-state index in [1.54, 1.807) is 13.8 Å². The third-order valence-electron chi connectivity index (χ3n) is 4.54. The first-order valence-corrected chi connectivity index (χ1v) is 11.3. The Hall–Kier alpha value is -0.801. The summed E-state index contributed by atoms with van der Waals surface area (Å²) in [5.74, 6) is -0.191. The summed E-state index contributed by atoms with van der Waals surface area (Å²) < 4.78 is 10.5. The molecule has 1 saturated carbocycles. The number of hydrogen-bond acceptors (Lipinski definition) is 4. The summed E-state index contributed by atoms with van der Waals surface area (Å²) in [6.07, 6.45) is 3.41. The van der Waals surface area contributed by atoms with Gasteiger partial charge in [-0.15, -0.1) is 0 Å². The van der Waals surface area contributed by atoms with Gasteiger partial charge in [0.05, 0.1) is 0 Å². The number of rotatable bonds is 9. The molecule has 1 atom stereocenters. The van der Waals surface area contributed by atoms with E-state index in [-0.39, 0.29) is 19.1 Å². The van der Waals surface area contributed by atoms with Crippen LogP contribution >= 0.6 is 0 Å². The molecular formula is C19H32O4Se. The Balaban J connectivity index is 3.07. The zero-order valence-corrected chi connectivity index (χ0v) is 17.4. The Morgan fingerprint density at radius 1 is 1.21 bits per heavy atom. The van der Waals surface area contributed by atoms with Crippen molar-refractivity contribution in [2.75, 3.05) is 13.2 Å². The van der Waals surface area contributed by atoms with Gasteiger partial charge < -0.3 is 0 Å². The zero-order valence-electron chi connectivity index (χ0n) is 15.7. The van der Waals surface area contributed by atoms with Gasteiger partial charge in [0.1, 0.15) is 0 Å². The van der Waals surface area contributed by atoms with Crippen molar-refractivity contribution in [2.24, 2.45) is 17.3 Å². The van der Waals surface area contributed by atoms with Gasteiger partial charge in [0.15, 0.2) is 0 Å². The van der Waals surface area contributed by atoms with Crippen LogP contribution in [0.1, 0.15) is 60.3 Å². The predicted octanol–water partition coefficient (Wildman–Crippen LogP) is 3.97. The number of esters is 2. The molecule has 4 nitrogen and oxygen atoms in total. The first-order valence-electron chi connectivity index (χ1n) is 9.07. The molecule has 0 N–H and O–H groups in total. The summed E-state index contributed by atoms with van der Waals surface area (Å²) in [6.45, 7) is 10.6. The topological polar surface area (TPSA) is 52.6 Å². The third-order valence-corrected chi connectivity index (χ3v) is 6.62. The quantitative estimate of drug-likeness (QED) is 0.253. The zero-order chi connectivity index (χ0) is 18.2. The van der Waals surface area contributed by atoms with E-state index in [9.17, 15) is 9.59 Å². The summed E-state index contributed by atoms with van der Waals surface area (Å²) in [7, 11) is 0. The normalized spacial score (nSPS) is 21.2. The van der Waals surface area contributed by atoms with Gasteiger partial charge in [-0.3, -0.25) is 0 Å². The Morgan fingerprint density at radius 3 is 2.25 bits per heavy atom. The molecule has 1 aliphatic rings. The van der Waals surface area contributed by atoms with Gasteiger partial charge in [0, 0.05) is 0 Å². The minimum atomic E-state index is -1.15. The van der Waals surface area contributed by atoms with Crippen molar-refractivity contribution in [3.05, 3.63) is 10.5 Å². The second-order valence-electron chi connectivity index (χ2n) is 6.67. The van der Waals surface area contributed by atoms with Crippen molar-refractivity contribution in [2.45, 2.75) is 65.6 Å². The number of ether oxygens (including phenoxy) is 2. The molecule has 138 valence electrons. The minimum absolute atomic E-state index is 0.252. The van der Waals surface area contributed by atoms with E-state index in [1.165, 1.54) is 23.7 Å². The Morgan fingerprint density at radius 2 is 1.79 bits per heavy atom. The summed E-state index contributed by atoms with van der Waals surface area (Å²) in [6, 6.07) is 0. The van der Waals surface area contributed by atoms with E-state index in [2.05, 4.69) is 25.7 Å². The maximum atomic E-state index is 12.6. The molecule has 1 unspecified atom stereocenters. The third kappa shape index (κ3) is 5.10. The molecule has 1 aliphatic carbocycles. The maximum absolute atomic E-state index is 12.6. The van der Waals surface area contributed by atoms with Crippen LogP contribution in [0.4, 0.5) is 0 Å². The molecule has 0 amide bonds. The fourth-order valence-electron chi connectivity index (χ4n) is 3.18. The standard InChI is InChI=1S/C19H32O4Se/c1-6-9-10-24-13-15-11-19(17(20)22-7-2,18(21)23-8-3)12-16(15)14(4)5/h13-14,16H,6-12H2,1-5H3/b15-13+. The summed E-state index contributed by atoms with van der Waals surface area (Å²) in [5, 5.41) is 1.21. The molecule has 1 fully saturated rings. The first-order chi connectivity index (χ1) is 11.4. The molecule has 5 heteroatoms. The van der Waals surface area contributed by atoms with Crippen molar-refractivity contribution < 1.29 is 19.1 Å². The van der Waals surface area contributed by atoms with Crippen molar-refractivity contribution in [3.8, 4) is 0 Å². The van der Waals surface area contributed by atoms with Crippen LogP contribution in [-0.4, -0.2) is 40.1 Å². The SMILES string of the molecule is CCCC[Se]/C=C1\CC(C(=O)OCC)(C(=O)OCC)CC1C(C)C. The van der Waals surface area contributed by atoms with Gasteiger partial charge in [-0.1, -0.05) is 0 Å². The van der Waals surface area contributed by atoms with Crippen molar-refractivity contribution in [1.82, 2.24) is 0 Å².